The molecule has 1 aromatic rings. The van der Waals surface area contributed by atoms with E-state index in [0.717, 1.165) is 55.4 Å². The van der Waals surface area contributed by atoms with Crippen LogP contribution in [0.3, 0.4) is 0 Å². The van der Waals surface area contributed by atoms with E-state index >= 15 is 0 Å². The fourth-order valence-corrected chi connectivity index (χ4v) is 5.08. The van der Waals surface area contributed by atoms with Crippen LogP contribution in [0.1, 0.15) is 42.5 Å². The van der Waals surface area contributed by atoms with E-state index in [0.29, 0.717) is 11.3 Å². The third kappa shape index (κ3) is 5.88. The Morgan fingerprint density at radius 2 is 2.35 bits per heavy atom. The molecule has 130 valence electrons. The van der Waals surface area contributed by atoms with Crippen molar-refractivity contribution in [2.24, 2.45) is 4.99 Å². The van der Waals surface area contributed by atoms with Crippen molar-refractivity contribution in [2.75, 3.05) is 19.3 Å². The van der Waals surface area contributed by atoms with Gasteiger partial charge in [-0.2, -0.15) is 0 Å². The second-order valence-electron chi connectivity index (χ2n) is 5.91. The average Bonchev–Trinajstić information content (AvgIpc) is 2.98. The molecule has 1 heterocycles. The molecule has 0 amide bonds. The van der Waals surface area contributed by atoms with Crippen LogP contribution in [0.25, 0.3) is 0 Å². The van der Waals surface area contributed by atoms with E-state index in [9.17, 15) is 4.21 Å². The van der Waals surface area contributed by atoms with E-state index < -0.39 is 10.8 Å². The van der Waals surface area contributed by atoms with Gasteiger partial charge in [0.15, 0.2) is 5.96 Å². The van der Waals surface area contributed by atoms with Gasteiger partial charge in [-0.15, -0.1) is 11.3 Å². The predicted molar refractivity (Wildman–Crippen MR) is 99.8 cm³/mol. The Bertz CT molecular complexity index is 544. The molecule has 1 aromatic heterocycles. The first-order valence-electron chi connectivity index (χ1n) is 8.38. The lowest BCUT2D eigenvalue weighted by Gasteiger charge is -2.30. The molecule has 1 aliphatic rings. The highest BCUT2D eigenvalue weighted by molar-refractivity contribution is 7.85. The van der Waals surface area contributed by atoms with Crippen LogP contribution in [0.5, 0.6) is 0 Å². The lowest BCUT2D eigenvalue weighted by molar-refractivity contribution is 0.413. The summed E-state index contributed by atoms with van der Waals surface area (Å²) in [6.07, 6.45) is 7.17. The first-order chi connectivity index (χ1) is 11.1. The van der Waals surface area contributed by atoms with Gasteiger partial charge in [0.2, 0.25) is 0 Å². The quantitative estimate of drug-likeness (QED) is 0.606. The number of hydrogen-bond donors (Lipinski definition) is 2. The van der Waals surface area contributed by atoms with Crippen molar-refractivity contribution in [1.29, 1.82) is 0 Å². The Hall–Kier alpha value is -0.950. The van der Waals surface area contributed by atoms with Crippen LogP contribution in [-0.4, -0.2) is 45.8 Å². The largest absolute Gasteiger partial charge is 0.356 e. The van der Waals surface area contributed by atoms with E-state index in [4.69, 9.17) is 0 Å². The molecular weight excluding hydrogens is 328 g/mol. The number of guanidine groups is 1. The van der Waals surface area contributed by atoms with Gasteiger partial charge < -0.3 is 10.6 Å². The molecule has 0 aromatic carbocycles. The third-order valence-electron chi connectivity index (χ3n) is 4.15. The maximum absolute atomic E-state index is 12.0. The number of nitrogens with zero attached hydrogens (tertiary/aromatic N) is 2. The summed E-state index contributed by atoms with van der Waals surface area (Å²) in [4.78, 5) is 9.94. The SMILES string of the molecule is CCS(=O)C1CCCC(NC(=NC)NCCc2ncc(C)s2)C1. The maximum Gasteiger partial charge on any atom is 0.191 e. The normalized spacial score (nSPS) is 23.5. The Kier molecular flexibility index (Phi) is 7.49. The summed E-state index contributed by atoms with van der Waals surface area (Å²) in [5.41, 5.74) is 0. The molecule has 3 unspecified atom stereocenters. The van der Waals surface area contributed by atoms with Gasteiger partial charge in [0.05, 0.1) is 5.01 Å². The molecule has 0 spiro atoms. The second-order valence-corrected chi connectivity index (χ2v) is 9.24. The zero-order valence-electron chi connectivity index (χ0n) is 14.3. The molecule has 1 aliphatic carbocycles. The fraction of sp³-hybridized carbons (Fsp3) is 0.750. The van der Waals surface area contributed by atoms with Crippen molar-refractivity contribution in [2.45, 2.75) is 57.2 Å². The molecule has 7 heteroatoms. The van der Waals surface area contributed by atoms with Crippen LogP contribution in [0.2, 0.25) is 0 Å². The van der Waals surface area contributed by atoms with Gasteiger partial charge in [-0.3, -0.25) is 9.20 Å². The average molecular weight is 357 g/mol. The minimum atomic E-state index is -0.686. The van der Waals surface area contributed by atoms with Gasteiger partial charge in [-0.1, -0.05) is 13.3 Å². The van der Waals surface area contributed by atoms with Gasteiger partial charge in [0, 0.05) is 58.9 Å². The van der Waals surface area contributed by atoms with Crippen molar-refractivity contribution < 1.29 is 4.21 Å². The highest BCUT2D eigenvalue weighted by Crippen LogP contribution is 2.22. The molecular formula is C16H28N4OS2. The summed E-state index contributed by atoms with van der Waals surface area (Å²) >= 11 is 1.74. The number of aliphatic imine (C=N–C) groups is 1. The Morgan fingerprint density at radius 3 is 3.00 bits per heavy atom. The van der Waals surface area contributed by atoms with Gasteiger partial charge in [0.25, 0.3) is 0 Å². The molecule has 1 saturated carbocycles. The summed E-state index contributed by atoms with van der Waals surface area (Å²) in [5.74, 6) is 1.60. The number of thiazole rings is 1. The van der Waals surface area contributed by atoms with E-state index in [1.165, 1.54) is 4.88 Å². The Morgan fingerprint density at radius 1 is 1.52 bits per heavy atom. The van der Waals surface area contributed by atoms with Crippen molar-refractivity contribution in [3.8, 4) is 0 Å². The lowest BCUT2D eigenvalue weighted by atomic mass is 9.95. The van der Waals surface area contributed by atoms with Crippen LogP contribution in [-0.2, 0) is 17.2 Å². The van der Waals surface area contributed by atoms with Crippen LogP contribution in [0.4, 0.5) is 0 Å². The number of aromatic nitrogens is 1. The van der Waals surface area contributed by atoms with Crippen molar-refractivity contribution >= 4 is 28.1 Å². The first-order valence-corrected chi connectivity index (χ1v) is 10.6. The summed E-state index contributed by atoms with van der Waals surface area (Å²) in [5, 5.41) is 8.35. The van der Waals surface area contributed by atoms with Crippen LogP contribution in [0.15, 0.2) is 11.2 Å². The van der Waals surface area contributed by atoms with Crippen LogP contribution < -0.4 is 10.6 Å². The predicted octanol–water partition coefficient (Wildman–Crippen LogP) is 2.24. The summed E-state index contributed by atoms with van der Waals surface area (Å²) in [6, 6.07) is 0.373. The minimum Gasteiger partial charge on any atom is -0.356 e. The van der Waals surface area contributed by atoms with Gasteiger partial charge in [-0.25, -0.2) is 4.98 Å². The monoisotopic (exact) mass is 356 g/mol. The summed E-state index contributed by atoms with van der Waals surface area (Å²) in [6.45, 7) is 4.91. The lowest BCUT2D eigenvalue weighted by Crippen LogP contribution is -2.47. The molecule has 23 heavy (non-hydrogen) atoms. The third-order valence-corrected chi connectivity index (χ3v) is 6.86. The van der Waals surface area contributed by atoms with Crippen molar-refractivity contribution in [3.05, 3.63) is 16.1 Å². The van der Waals surface area contributed by atoms with E-state index in [-0.39, 0.29) is 0 Å². The maximum atomic E-state index is 12.0. The molecule has 3 atom stereocenters. The van der Waals surface area contributed by atoms with Crippen molar-refractivity contribution in [1.82, 2.24) is 15.6 Å². The van der Waals surface area contributed by atoms with E-state index in [1.807, 2.05) is 13.1 Å². The minimum absolute atomic E-state index is 0.336. The summed E-state index contributed by atoms with van der Waals surface area (Å²) < 4.78 is 12.0. The highest BCUT2D eigenvalue weighted by atomic mass is 32.2. The molecule has 0 aliphatic heterocycles. The van der Waals surface area contributed by atoms with E-state index in [1.54, 1.807) is 18.4 Å². The Labute approximate surface area is 145 Å². The van der Waals surface area contributed by atoms with Crippen LogP contribution >= 0.6 is 11.3 Å². The standard InChI is InChI=1S/C16H28N4OS2/c1-4-23(21)14-7-5-6-13(10-14)20-16(17-3)18-9-8-15-19-11-12(2)22-15/h11,13-14H,4-10H2,1-3H3,(H2,17,18,20). The summed E-state index contributed by atoms with van der Waals surface area (Å²) in [7, 11) is 1.11. The van der Waals surface area contributed by atoms with Crippen LogP contribution in [0, 0.1) is 6.92 Å². The number of aryl methyl sites for hydroxylation is 1. The molecule has 0 saturated heterocycles. The topological polar surface area (TPSA) is 66.4 Å². The molecule has 2 N–H and O–H groups in total. The number of rotatable bonds is 6. The van der Waals surface area contributed by atoms with Gasteiger partial charge >= 0.3 is 0 Å². The van der Waals surface area contributed by atoms with Gasteiger partial charge in [-0.05, 0) is 26.2 Å². The fourth-order valence-electron chi connectivity index (χ4n) is 2.94. The number of hydrogen-bond acceptors (Lipinski definition) is 4. The molecule has 1 fully saturated rings. The first kappa shape index (κ1) is 18.4. The molecule has 5 nitrogen and oxygen atoms in total. The smallest absolute Gasteiger partial charge is 0.191 e. The zero-order chi connectivity index (χ0) is 16.7. The molecule has 2 rings (SSSR count). The number of nitrogens with one attached hydrogen (secondary N) is 2. The van der Waals surface area contributed by atoms with E-state index in [2.05, 4.69) is 27.5 Å². The highest BCUT2D eigenvalue weighted by Gasteiger charge is 2.25. The van der Waals surface area contributed by atoms with Gasteiger partial charge in [0.1, 0.15) is 0 Å². The van der Waals surface area contributed by atoms with Crippen molar-refractivity contribution in [3.63, 3.8) is 0 Å². The molecule has 0 bridgehead atoms. The Balaban J connectivity index is 1.76. The second kappa shape index (κ2) is 9.37. The zero-order valence-corrected chi connectivity index (χ0v) is 15.9. The molecule has 0 radical (unpaired) electrons.